The summed E-state index contributed by atoms with van der Waals surface area (Å²) in [6.07, 6.45) is 1.89. The van der Waals surface area contributed by atoms with Gasteiger partial charge in [-0.3, -0.25) is 9.52 Å². The Kier molecular flexibility index (Phi) is 6.15. The minimum atomic E-state index is -4.00. The Bertz CT molecular complexity index is 970. The smallest absolute Gasteiger partial charge is 0.263 e. The number of sulfonamides is 1. The molecule has 1 amide bonds. The predicted molar refractivity (Wildman–Crippen MR) is 110 cm³/mol. The number of carbonyl (C=O) groups excluding carboxylic acids is 1. The third-order valence-electron chi connectivity index (χ3n) is 4.89. The zero-order chi connectivity index (χ0) is 20.3. The first-order valence-electron chi connectivity index (χ1n) is 9.06. The summed E-state index contributed by atoms with van der Waals surface area (Å²) in [5.74, 6) is 0.796. The topological polar surface area (TPSA) is 75.7 Å². The first-order valence-corrected chi connectivity index (χ1v) is 10.9. The lowest BCUT2D eigenvalue weighted by molar-refractivity contribution is 0.0697. The van der Waals surface area contributed by atoms with Crippen molar-refractivity contribution in [1.29, 1.82) is 0 Å². The Labute approximate surface area is 170 Å². The van der Waals surface area contributed by atoms with Gasteiger partial charge < -0.3 is 9.64 Å². The van der Waals surface area contributed by atoms with E-state index in [-0.39, 0.29) is 15.8 Å². The highest BCUT2D eigenvalue weighted by molar-refractivity contribution is 7.92. The Hall–Kier alpha value is -2.25. The SMILES string of the molecule is COc1ccccc1NS(=O)(=O)c1cc(C(=O)N2CCC(C)CC2)ccc1Cl. The van der Waals surface area contributed by atoms with Gasteiger partial charge >= 0.3 is 0 Å². The van der Waals surface area contributed by atoms with Crippen LogP contribution >= 0.6 is 11.6 Å². The van der Waals surface area contributed by atoms with Crippen molar-refractivity contribution < 1.29 is 17.9 Å². The van der Waals surface area contributed by atoms with Gasteiger partial charge in [0.2, 0.25) is 0 Å². The fourth-order valence-corrected chi connectivity index (χ4v) is 4.76. The molecule has 0 unspecified atom stereocenters. The average Bonchev–Trinajstić information content (AvgIpc) is 2.68. The molecule has 0 saturated carbocycles. The maximum atomic E-state index is 12.9. The number of ether oxygens (including phenoxy) is 1. The van der Waals surface area contributed by atoms with Gasteiger partial charge in [0.05, 0.1) is 17.8 Å². The number of halogens is 1. The van der Waals surface area contributed by atoms with Gasteiger partial charge in [0.1, 0.15) is 10.6 Å². The summed E-state index contributed by atoms with van der Waals surface area (Å²) >= 11 is 6.15. The van der Waals surface area contributed by atoms with Gasteiger partial charge in [-0.2, -0.15) is 0 Å². The summed E-state index contributed by atoms with van der Waals surface area (Å²) in [6, 6.07) is 11.0. The predicted octanol–water partition coefficient (Wildman–Crippen LogP) is 4.02. The third-order valence-corrected chi connectivity index (χ3v) is 6.74. The Morgan fingerprint density at radius 1 is 1.18 bits per heavy atom. The van der Waals surface area contributed by atoms with Crippen molar-refractivity contribution >= 4 is 33.2 Å². The summed E-state index contributed by atoms with van der Waals surface area (Å²) < 4.78 is 33.5. The molecule has 0 radical (unpaired) electrons. The van der Waals surface area contributed by atoms with E-state index >= 15 is 0 Å². The second-order valence-electron chi connectivity index (χ2n) is 6.93. The van der Waals surface area contributed by atoms with Crippen LogP contribution in [-0.4, -0.2) is 39.4 Å². The van der Waals surface area contributed by atoms with E-state index in [0.29, 0.717) is 36.0 Å². The van der Waals surface area contributed by atoms with Crippen LogP contribution in [0.5, 0.6) is 5.75 Å². The first kappa shape index (κ1) is 20.5. The second-order valence-corrected chi connectivity index (χ2v) is 8.98. The molecule has 8 heteroatoms. The van der Waals surface area contributed by atoms with E-state index in [0.717, 1.165) is 12.8 Å². The number of methoxy groups -OCH3 is 1. The third kappa shape index (κ3) is 4.42. The minimum absolute atomic E-state index is 0.0474. The molecule has 1 fully saturated rings. The van der Waals surface area contributed by atoms with Crippen LogP contribution in [0.3, 0.4) is 0 Å². The summed E-state index contributed by atoms with van der Waals surface area (Å²) in [5, 5.41) is 0.0474. The molecule has 0 aromatic heterocycles. The molecule has 0 aliphatic carbocycles. The number of piperidine rings is 1. The number of nitrogens with zero attached hydrogens (tertiary/aromatic N) is 1. The molecule has 3 rings (SSSR count). The highest BCUT2D eigenvalue weighted by atomic mass is 35.5. The average molecular weight is 423 g/mol. The van der Waals surface area contributed by atoms with E-state index in [1.54, 1.807) is 35.2 Å². The maximum Gasteiger partial charge on any atom is 0.263 e. The van der Waals surface area contributed by atoms with Crippen LogP contribution in [0.15, 0.2) is 47.4 Å². The lowest BCUT2D eigenvalue weighted by Gasteiger charge is -2.30. The zero-order valence-electron chi connectivity index (χ0n) is 15.8. The van der Waals surface area contributed by atoms with Crippen LogP contribution in [0.2, 0.25) is 5.02 Å². The number of rotatable bonds is 5. The van der Waals surface area contributed by atoms with Crippen LogP contribution in [0.4, 0.5) is 5.69 Å². The van der Waals surface area contributed by atoms with Gasteiger partial charge in [-0.15, -0.1) is 0 Å². The van der Waals surface area contributed by atoms with Gasteiger partial charge in [-0.1, -0.05) is 30.7 Å². The summed E-state index contributed by atoms with van der Waals surface area (Å²) in [5.41, 5.74) is 0.599. The Morgan fingerprint density at radius 2 is 1.86 bits per heavy atom. The van der Waals surface area contributed by atoms with Crippen LogP contribution in [0.25, 0.3) is 0 Å². The molecule has 2 aromatic carbocycles. The van der Waals surface area contributed by atoms with Crippen LogP contribution in [-0.2, 0) is 10.0 Å². The molecule has 0 bridgehead atoms. The molecular weight excluding hydrogens is 400 g/mol. The Morgan fingerprint density at radius 3 is 2.54 bits per heavy atom. The van der Waals surface area contributed by atoms with E-state index in [4.69, 9.17) is 16.3 Å². The van der Waals surface area contributed by atoms with Crippen LogP contribution < -0.4 is 9.46 Å². The van der Waals surface area contributed by atoms with E-state index in [1.807, 2.05) is 0 Å². The van der Waals surface area contributed by atoms with E-state index in [2.05, 4.69) is 11.6 Å². The van der Waals surface area contributed by atoms with Crippen LogP contribution in [0, 0.1) is 5.92 Å². The monoisotopic (exact) mass is 422 g/mol. The molecule has 1 saturated heterocycles. The van der Waals surface area contributed by atoms with E-state index < -0.39 is 10.0 Å². The molecule has 150 valence electrons. The van der Waals surface area contributed by atoms with E-state index in [9.17, 15) is 13.2 Å². The number of likely N-dealkylation sites (tertiary alicyclic amines) is 1. The number of anilines is 1. The van der Waals surface area contributed by atoms with Gasteiger partial charge in [0.25, 0.3) is 15.9 Å². The molecule has 1 N–H and O–H groups in total. The molecule has 0 spiro atoms. The molecule has 28 heavy (non-hydrogen) atoms. The molecule has 0 atom stereocenters. The number of nitrogens with one attached hydrogen (secondary N) is 1. The lowest BCUT2D eigenvalue weighted by Crippen LogP contribution is -2.38. The summed E-state index contributed by atoms with van der Waals surface area (Å²) in [6.45, 7) is 3.51. The van der Waals surface area contributed by atoms with Gasteiger partial charge in [0, 0.05) is 18.7 Å². The van der Waals surface area contributed by atoms with Gasteiger partial charge in [-0.05, 0) is 49.1 Å². The first-order chi connectivity index (χ1) is 13.3. The Balaban J connectivity index is 1.89. The lowest BCUT2D eigenvalue weighted by atomic mass is 9.98. The molecule has 1 aliphatic rings. The van der Waals surface area contributed by atoms with Crippen LogP contribution in [0.1, 0.15) is 30.1 Å². The highest BCUT2D eigenvalue weighted by Crippen LogP contribution is 2.30. The number of hydrogen-bond donors (Lipinski definition) is 1. The molecule has 6 nitrogen and oxygen atoms in total. The van der Waals surface area contributed by atoms with Gasteiger partial charge in [0.15, 0.2) is 0 Å². The molecule has 1 aliphatic heterocycles. The highest BCUT2D eigenvalue weighted by Gasteiger charge is 2.25. The van der Waals surface area contributed by atoms with Crippen molar-refractivity contribution in [2.24, 2.45) is 5.92 Å². The summed E-state index contributed by atoms with van der Waals surface area (Å²) in [4.78, 5) is 14.4. The fourth-order valence-electron chi connectivity index (χ4n) is 3.17. The van der Waals surface area contributed by atoms with Crippen molar-refractivity contribution in [3.8, 4) is 5.75 Å². The number of para-hydroxylation sites is 2. The zero-order valence-corrected chi connectivity index (χ0v) is 17.4. The summed E-state index contributed by atoms with van der Waals surface area (Å²) in [7, 11) is -2.55. The number of benzene rings is 2. The van der Waals surface area contributed by atoms with Crippen molar-refractivity contribution in [2.75, 3.05) is 24.9 Å². The van der Waals surface area contributed by atoms with Gasteiger partial charge in [-0.25, -0.2) is 8.42 Å². The van der Waals surface area contributed by atoms with Crippen molar-refractivity contribution in [3.05, 3.63) is 53.1 Å². The molecule has 1 heterocycles. The largest absolute Gasteiger partial charge is 0.495 e. The second kappa shape index (κ2) is 8.41. The standard InChI is InChI=1S/C20H23ClN2O4S/c1-14-9-11-23(12-10-14)20(24)15-7-8-16(21)19(13-15)28(25,26)22-17-5-3-4-6-18(17)27-2/h3-8,13-14,22H,9-12H2,1-2H3. The molecular formula is C20H23ClN2O4S. The fraction of sp³-hybridized carbons (Fsp3) is 0.350. The normalized spacial score (nSPS) is 15.3. The molecule has 2 aromatic rings. The quantitative estimate of drug-likeness (QED) is 0.789. The number of hydrogen-bond acceptors (Lipinski definition) is 4. The van der Waals surface area contributed by atoms with Crippen molar-refractivity contribution in [3.63, 3.8) is 0 Å². The van der Waals surface area contributed by atoms with Crippen molar-refractivity contribution in [1.82, 2.24) is 4.90 Å². The number of amides is 1. The van der Waals surface area contributed by atoms with E-state index in [1.165, 1.54) is 19.2 Å². The van der Waals surface area contributed by atoms with Crippen molar-refractivity contribution in [2.45, 2.75) is 24.7 Å². The maximum absolute atomic E-state index is 12.9. The number of carbonyl (C=O) groups is 1. The minimum Gasteiger partial charge on any atom is -0.495 e.